The second-order valence-corrected chi connectivity index (χ2v) is 13.7. The van der Waals surface area contributed by atoms with Gasteiger partial charge in [0, 0.05) is 12.5 Å². The number of carbonyl (C=O) groups is 2. The van der Waals surface area contributed by atoms with Crippen LogP contribution in [0, 0.1) is 0 Å². The molecule has 6 aromatic carbocycles. The standard InChI is InChI=1S/C45H39N3O4/c1-45(2,3)52-43(49)41-24-9-4-19-36(41)33-16-12-18-35(27-33)48-47-34-17-11-15-32(26-34)31-14-10-13-30(25-31)28-46-44(50)51-29-42-39-22-7-5-20-37(39)38-21-6-8-23-40(38)42/h4-27,42H,28-29H2,1-3H3,(H,46,50). The van der Waals surface area contributed by atoms with Crippen molar-refractivity contribution in [1.82, 2.24) is 5.32 Å². The Hall–Kier alpha value is -6.34. The lowest BCUT2D eigenvalue weighted by atomic mass is 9.98. The molecule has 6 aromatic rings. The molecule has 0 bridgehead atoms. The number of amides is 1. The Morgan fingerprint density at radius 3 is 1.81 bits per heavy atom. The van der Waals surface area contributed by atoms with Crippen molar-refractivity contribution in [2.75, 3.05) is 6.61 Å². The van der Waals surface area contributed by atoms with Crippen LogP contribution in [0.15, 0.2) is 156 Å². The number of ether oxygens (including phenoxy) is 2. The second-order valence-electron chi connectivity index (χ2n) is 13.7. The maximum atomic E-state index is 12.9. The van der Waals surface area contributed by atoms with E-state index >= 15 is 0 Å². The van der Waals surface area contributed by atoms with E-state index < -0.39 is 11.7 Å². The van der Waals surface area contributed by atoms with Crippen LogP contribution < -0.4 is 5.32 Å². The molecule has 0 atom stereocenters. The van der Waals surface area contributed by atoms with Crippen LogP contribution in [0.2, 0.25) is 0 Å². The lowest BCUT2D eigenvalue weighted by molar-refractivity contribution is 0.00703. The van der Waals surface area contributed by atoms with Crippen LogP contribution >= 0.6 is 0 Å². The van der Waals surface area contributed by atoms with Gasteiger partial charge in [0.05, 0.1) is 16.9 Å². The zero-order valence-electron chi connectivity index (χ0n) is 29.4. The summed E-state index contributed by atoms with van der Waals surface area (Å²) in [5, 5.41) is 12.0. The first kappa shape index (κ1) is 34.1. The number of alkyl carbamates (subject to hydrolysis) is 1. The molecule has 1 amide bonds. The summed E-state index contributed by atoms with van der Waals surface area (Å²) in [5.74, 6) is -0.361. The molecule has 7 nitrogen and oxygen atoms in total. The number of hydrogen-bond donors (Lipinski definition) is 1. The van der Waals surface area contributed by atoms with Crippen molar-refractivity contribution in [3.8, 4) is 33.4 Å². The SMILES string of the molecule is CC(C)(C)OC(=O)c1ccccc1-c1cccc(N=Nc2cccc(-c3cccc(CNC(=O)OCC4c5ccccc5-c5ccccc54)c3)c2)c1. The largest absolute Gasteiger partial charge is 0.456 e. The summed E-state index contributed by atoms with van der Waals surface area (Å²) in [7, 11) is 0. The maximum Gasteiger partial charge on any atom is 0.407 e. The van der Waals surface area contributed by atoms with Gasteiger partial charge in [-0.3, -0.25) is 0 Å². The molecular formula is C45H39N3O4. The Kier molecular flexibility index (Phi) is 9.76. The number of carbonyl (C=O) groups excluding carboxylic acids is 2. The lowest BCUT2D eigenvalue weighted by Gasteiger charge is -2.20. The minimum absolute atomic E-state index is 0.00993. The van der Waals surface area contributed by atoms with E-state index in [9.17, 15) is 9.59 Å². The van der Waals surface area contributed by atoms with Crippen LogP contribution in [-0.4, -0.2) is 24.3 Å². The third kappa shape index (κ3) is 7.84. The first-order chi connectivity index (χ1) is 25.2. The van der Waals surface area contributed by atoms with E-state index in [1.54, 1.807) is 6.07 Å². The van der Waals surface area contributed by atoms with Gasteiger partial charge < -0.3 is 14.8 Å². The first-order valence-corrected chi connectivity index (χ1v) is 17.3. The van der Waals surface area contributed by atoms with Crippen molar-refractivity contribution in [3.63, 3.8) is 0 Å². The van der Waals surface area contributed by atoms with Gasteiger partial charge >= 0.3 is 12.1 Å². The Morgan fingerprint density at radius 1 is 0.615 bits per heavy atom. The summed E-state index contributed by atoms with van der Waals surface area (Å²) in [4.78, 5) is 25.7. The molecule has 0 spiro atoms. The molecule has 0 heterocycles. The number of fused-ring (bicyclic) bond motifs is 3. The number of benzene rings is 6. The predicted molar refractivity (Wildman–Crippen MR) is 205 cm³/mol. The van der Waals surface area contributed by atoms with Crippen LogP contribution in [0.3, 0.4) is 0 Å². The number of esters is 1. The minimum Gasteiger partial charge on any atom is -0.456 e. The number of hydrogen-bond acceptors (Lipinski definition) is 6. The van der Waals surface area contributed by atoms with Crippen LogP contribution in [0.4, 0.5) is 16.2 Å². The minimum atomic E-state index is -0.599. The average Bonchev–Trinajstić information content (AvgIpc) is 3.48. The highest BCUT2D eigenvalue weighted by molar-refractivity contribution is 5.97. The molecule has 0 saturated carbocycles. The maximum absolute atomic E-state index is 12.9. The van der Waals surface area contributed by atoms with Crippen molar-refractivity contribution in [3.05, 3.63) is 168 Å². The van der Waals surface area contributed by atoms with E-state index in [0.29, 0.717) is 23.5 Å². The van der Waals surface area contributed by atoms with Gasteiger partial charge in [-0.25, -0.2) is 9.59 Å². The molecule has 1 N–H and O–H groups in total. The summed E-state index contributed by atoms with van der Waals surface area (Å²) >= 11 is 0. The summed E-state index contributed by atoms with van der Waals surface area (Å²) in [6, 6.07) is 47.5. The molecule has 1 aliphatic carbocycles. The summed E-state index contributed by atoms with van der Waals surface area (Å²) in [6.45, 7) is 6.16. The Labute approximate surface area is 304 Å². The molecule has 1 aliphatic rings. The molecule has 7 heteroatoms. The van der Waals surface area contributed by atoms with Gasteiger partial charge in [0.2, 0.25) is 0 Å². The van der Waals surface area contributed by atoms with Crippen molar-refractivity contribution in [2.24, 2.45) is 10.2 Å². The zero-order chi connectivity index (χ0) is 36.1. The number of azo groups is 1. The molecule has 0 radical (unpaired) electrons. The monoisotopic (exact) mass is 685 g/mol. The molecule has 0 unspecified atom stereocenters. The van der Waals surface area contributed by atoms with Crippen LogP contribution in [0.1, 0.15) is 53.7 Å². The Morgan fingerprint density at radius 2 is 1.15 bits per heavy atom. The summed E-state index contributed by atoms with van der Waals surface area (Å²) < 4.78 is 11.4. The zero-order valence-corrected chi connectivity index (χ0v) is 29.4. The van der Waals surface area contributed by atoms with Crippen molar-refractivity contribution >= 4 is 23.4 Å². The lowest BCUT2D eigenvalue weighted by Crippen LogP contribution is -2.25. The van der Waals surface area contributed by atoms with Gasteiger partial charge in [0.1, 0.15) is 12.2 Å². The van der Waals surface area contributed by atoms with E-state index in [2.05, 4.69) is 39.8 Å². The molecule has 0 saturated heterocycles. The highest BCUT2D eigenvalue weighted by Gasteiger charge is 2.29. The molecule has 0 aromatic heterocycles. The molecule has 258 valence electrons. The van der Waals surface area contributed by atoms with Crippen LogP contribution in [0.25, 0.3) is 33.4 Å². The van der Waals surface area contributed by atoms with Gasteiger partial charge in [-0.05, 0) is 107 Å². The van der Waals surface area contributed by atoms with E-state index in [1.807, 2.05) is 136 Å². The van der Waals surface area contributed by atoms with E-state index in [1.165, 1.54) is 22.3 Å². The van der Waals surface area contributed by atoms with Crippen LogP contribution in [-0.2, 0) is 16.0 Å². The molecule has 52 heavy (non-hydrogen) atoms. The third-order valence-corrected chi connectivity index (χ3v) is 8.87. The Balaban J connectivity index is 0.992. The van der Waals surface area contributed by atoms with E-state index in [-0.39, 0.29) is 18.5 Å². The van der Waals surface area contributed by atoms with Crippen LogP contribution in [0.5, 0.6) is 0 Å². The fraction of sp³-hybridized carbons (Fsp3) is 0.156. The van der Waals surface area contributed by atoms with Crippen molar-refractivity contribution in [1.29, 1.82) is 0 Å². The Bertz CT molecular complexity index is 2240. The highest BCUT2D eigenvalue weighted by Crippen LogP contribution is 2.44. The van der Waals surface area contributed by atoms with Gasteiger partial charge in [-0.2, -0.15) is 10.2 Å². The number of nitrogens with zero attached hydrogens (tertiary/aromatic N) is 2. The molecule has 0 fully saturated rings. The molecular weight excluding hydrogens is 647 g/mol. The van der Waals surface area contributed by atoms with Crippen molar-refractivity contribution < 1.29 is 19.1 Å². The van der Waals surface area contributed by atoms with Gasteiger partial charge in [0.15, 0.2) is 0 Å². The quantitative estimate of drug-likeness (QED) is 0.121. The van der Waals surface area contributed by atoms with Gasteiger partial charge in [0.25, 0.3) is 0 Å². The fourth-order valence-electron chi connectivity index (χ4n) is 6.53. The second kappa shape index (κ2) is 14.9. The predicted octanol–water partition coefficient (Wildman–Crippen LogP) is 11.4. The summed E-state index contributed by atoms with van der Waals surface area (Å²) in [5.41, 5.74) is 10.5. The average molecular weight is 686 g/mol. The summed E-state index contributed by atoms with van der Waals surface area (Å²) in [6.07, 6.45) is -0.452. The van der Waals surface area contributed by atoms with Crippen molar-refractivity contribution in [2.45, 2.75) is 38.8 Å². The molecule has 7 rings (SSSR count). The van der Waals surface area contributed by atoms with Gasteiger partial charge in [-0.1, -0.05) is 109 Å². The fourth-order valence-corrected chi connectivity index (χ4v) is 6.53. The molecule has 0 aliphatic heterocycles. The topological polar surface area (TPSA) is 89.4 Å². The third-order valence-electron chi connectivity index (χ3n) is 8.87. The smallest absolute Gasteiger partial charge is 0.407 e. The number of nitrogens with one attached hydrogen (secondary N) is 1. The van der Waals surface area contributed by atoms with Gasteiger partial charge in [-0.15, -0.1) is 0 Å². The van der Waals surface area contributed by atoms with E-state index in [0.717, 1.165) is 27.8 Å². The number of rotatable bonds is 9. The van der Waals surface area contributed by atoms with E-state index in [4.69, 9.17) is 9.47 Å². The first-order valence-electron chi connectivity index (χ1n) is 17.3. The normalized spacial score (nSPS) is 12.3. The highest BCUT2D eigenvalue weighted by atomic mass is 16.6.